The lowest BCUT2D eigenvalue weighted by atomic mass is 9.87. The second-order valence-corrected chi connectivity index (χ2v) is 8.19. The zero-order valence-electron chi connectivity index (χ0n) is 15.7. The molecular weight excluding hydrogens is 358 g/mol. The highest BCUT2D eigenvalue weighted by molar-refractivity contribution is 8.00. The number of aryl methyl sites for hydroxylation is 1. The van der Waals surface area contributed by atoms with Crippen molar-refractivity contribution in [3.8, 4) is 5.75 Å². The van der Waals surface area contributed by atoms with Gasteiger partial charge in [0.15, 0.2) is 0 Å². The second kappa shape index (κ2) is 8.55. The predicted molar refractivity (Wildman–Crippen MR) is 109 cm³/mol. The number of benzene rings is 2. The Kier molecular flexibility index (Phi) is 5.91. The van der Waals surface area contributed by atoms with E-state index in [-0.39, 0.29) is 6.10 Å². The van der Waals surface area contributed by atoms with E-state index < -0.39 is 6.10 Å². The van der Waals surface area contributed by atoms with Gasteiger partial charge in [-0.15, -0.1) is 0 Å². The van der Waals surface area contributed by atoms with Crippen LogP contribution in [0.5, 0.6) is 5.75 Å². The Morgan fingerprint density at radius 1 is 1.11 bits per heavy atom. The summed E-state index contributed by atoms with van der Waals surface area (Å²) in [7, 11) is 0. The molecule has 0 saturated carbocycles. The second-order valence-electron chi connectivity index (χ2n) is 7.31. The first-order valence-corrected chi connectivity index (χ1v) is 10.6. The molecule has 2 unspecified atom stereocenters. The fourth-order valence-corrected chi connectivity index (χ4v) is 4.51. The van der Waals surface area contributed by atoms with Gasteiger partial charge in [0, 0.05) is 41.7 Å². The highest BCUT2D eigenvalue weighted by Gasteiger charge is 2.33. The summed E-state index contributed by atoms with van der Waals surface area (Å²) in [5.41, 5.74) is 3.30. The number of rotatable bonds is 5. The van der Waals surface area contributed by atoms with Crippen LogP contribution < -0.4 is 9.46 Å². The maximum absolute atomic E-state index is 10.7. The quantitative estimate of drug-likeness (QED) is 0.711. The molecule has 2 aliphatic rings. The molecule has 4 nitrogen and oxygen atoms in total. The summed E-state index contributed by atoms with van der Waals surface area (Å²) in [5.74, 6) is 1.30. The molecule has 0 amide bonds. The van der Waals surface area contributed by atoms with Crippen molar-refractivity contribution in [1.82, 2.24) is 0 Å². The summed E-state index contributed by atoms with van der Waals surface area (Å²) in [6, 6.07) is 14.6. The Hall–Kier alpha value is -1.69. The molecule has 2 heterocycles. The van der Waals surface area contributed by atoms with Gasteiger partial charge < -0.3 is 19.3 Å². The minimum atomic E-state index is -0.467. The van der Waals surface area contributed by atoms with Crippen molar-refractivity contribution in [2.75, 3.05) is 17.9 Å². The average molecular weight is 386 g/mol. The van der Waals surface area contributed by atoms with E-state index in [0.29, 0.717) is 12.3 Å². The minimum Gasteiger partial charge on any atom is -0.490 e. The maximum atomic E-state index is 10.7. The van der Waals surface area contributed by atoms with Gasteiger partial charge in [0.05, 0.1) is 6.10 Å². The van der Waals surface area contributed by atoms with E-state index in [4.69, 9.17) is 9.47 Å². The first kappa shape index (κ1) is 18.7. The molecule has 1 saturated heterocycles. The molecule has 144 valence electrons. The Morgan fingerprint density at radius 2 is 1.89 bits per heavy atom. The molecule has 1 fully saturated rings. The van der Waals surface area contributed by atoms with Crippen LogP contribution in [0.15, 0.2) is 47.4 Å². The molecule has 2 aliphatic heterocycles. The van der Waals surface area contributed by atoms with E-state index in [2.05, 4.69) is 42.0 Å². The van der Waals surface area contributed by atoms with Gasteiger partial charge in [-0.3, -0.25) is 0 Å². The van der Waals surface area contributed by atoms with Crippen LogP contribution in [0, 0.1) is 5.92 Å². The molecule has 2 N–H and O–H groups in total. The number of aliphatic hydroxyl groups is 1. The lowest BCUT2D eigenvalue weighted by molar-refractivity contribution is -0.0151. The van der Waals surface area contributed by atoms with Crippen LogP contribution in [0.2, 0.25) is 0 Å². The van der Waals surface area contributed by atoms with Crippen molar-refractivity contribution in [1.29, 1.82) is 0 Å². The third-order valence-electron chi connectivity index (χ3n) is 5.51. The highest BCUT2D eigenvalue weighted by atomic mass is 32.2. The number of anilines is 1. The summed E-state index contributed by atoms with van der Waals surface area (Å²) in [4.78, 5) is 1.07. The monoisotopic (exact) mass is 385 g/mol. The first-order chi connectivity index (χ1) is 13.2. The van der Waals surface area contributed by atoms with Crippen LogP contribution in [0.1, 0.15) is 43.4 Å². The van der Waals surface area contributed by atoms with Gasteiger partial charge in [0.1, 0.15) is 11.9 Å². The van der Waals surface area contributed by atoms with Crippen LogP contribution in [0.4, 0.5) is 5.69 Å². The van der Waals surface area contributed by atoms with E-state index >= 15 is 0 Å². The molecule has 5 heteroatoms. The molecule has 0 bridgehead atoms. The van der Waals surface area contributed by atoms with E-state index in [1.807, 2.05) is 12.1 Å². The molecule has 2 aromatic rings. The van der Waals surface area contributed by atoms with Crippen molar-refractivity contribution in [3.05, 3.63) is 53.6 Å². The van der Waals surface area contributed by atoms with Gasteiger partial charge in [-0.25, -0.2) is 0 Å². The first-order valence-electron chi connectivity index (χ1n) is 9.81. The standard InChI is InChI=1S/C22H27NO3S/c1-2-15-3-5-17(6-4-15)23-27-18-7-8-21-19(13-18)20(24)14-22(26-21)16-9-11-25-12-10-16/h3-8,13,16,20,22-24H,2,9-12,14H2,1H3. The van der Waals surface area contributed by atoms with E-state index in [0.717, 1.165) is 54.4 Å². The van der Waals surface area contributed by atoms with Gasteiger partial charge in [-0.05, 0) is 67.1 Å². The van der Waals surface area contributed by atoms with Crippen LogP contribution in [0.3, 0.4) is 0 Å². The summed E-state index contributed by atoms with van der Waals surface area (Å²) >= 11 is 1.56. The SMILES string of the molecule is CCc1ccc(NSc2ccc3c(c2)C(O)CC(C2CCOCC2)O3)cc1. The number of aliphatic hydroxyl groups excluding tert-OH is 1. The van der Waals surface area contributed by atoms with Crippen molar-refractivity contribution in [3.63, 3.8) is 0 Å². The smallest absolute Gasteiger partial charge is 0.125 e. The largest absolute Gasteiger partial charge is 0.490 e. The van der Waals surface area contributed by atoms with Gasteiger partial charge in [-0.2, -0.15) is 0 Å². The maximum Gasteiger partial charge on any atom is 0.125 e. The predicted octanol–water partition coefficient (Wildman–Crippen LogP) is 4.98. The van der Waals surface area contributed by atoms with Crippen LogP contribution in [0.25, 0.3) is 0 Å². The zero-order valence-corrected chi connectivity index (χ0v) is 16.5. The lowest BCUT2D eigenvalue weighted by Crippen LogP contribution is -2.36. The molecule has 0 aromatic heterocycles. The topological polar surface area (TPSA) is 50.7 Å². The third-order valence-corrected chi connectivity index (χ3v) is 6.34. The fraction of sp³-hybridized carbons (Fsp3) is 0.455. The van der Waals surface area contributed by atoms with Crippen molar-refractivity contribution in [2.45, 2.75) is 49.7 Å². The number of hydrogen-bond acceptors (Lipinski definition) is 5. The molecule has 0 aliphatic carbocycles. The van der Waals surface area contributed by atoms with Crippen LogP contribution in [-0.4, -0.2) is 24.4 Å². The molecule has 0 spiro atoms. The van der Waals surface area contributed by atoms with Gasteiger partial charge in [0.25, 0.3) is 0 Å². The summed E-state index contributed by atoms with van der Waals surface area (Å²) in [6.45, 7) is 3.76. The third kappa shape index (κ3) is 4.42. The Labute approximate surface area is 165 Å². The molecule has 2 atom stereocenters. The molecule has 0 radical (unpaired) electrons. The number of ether oxygens (including phenoxy) is 2. The molecular formula is C22H27NO3S. The number of fused-ring (bicyclic) bond motifs is 1. The van der Waals surface area contributed by atoms with Crippen LogP contribution >= 0.6 is 11.9 Å². The summed E-state index contributed by atoms with van der Waals surface area (Å²) < 4.78 is 15.1. The van der Waals surface area contributed by atoms with E-state index in [1.54, 1.807) is 11.9 Å². The number of nitrogens with one attached hydrogen (secondary N) is 1. The molecule has 2 aromatic carbocycles. The Morgan fingerprint density at radius 3 is 2.63 bits per heavy atom. The van der Waals surface area contributed by atoms with Crippen molar-refractivity contribution >= 4 is 17.6 Å². The highest BCUT2D eigenvalue weighted by Crippen LogP contribution is 2.40. The average Bonchev–Trinajstić information content (AvgIpc) is 2.73. The van der Waals surface area contributed by atoms with E-state index in [1.165, 1.54) is 5.56 Å². The van der Waals surface area contributed by atoms with E-state index in [9.17, 15) is 5.11 Å². The van der Waals surface area contributed by atoms with Crippen LogP contribution in [-0.2, 0) is 11.2 Å². The molecule has 27 heavy (non-hydrogen) atoms. The fourth-order valence-electron chi connectivity index (χ4n) is 3.82. The van der Waals surface area contributed by atoms with Gasteiger partial charge in [0.2, 0.25) is 0 Å². The normalized spacial score (nSPS) is 22.7. The van der Waals surface area contributed by atoms with Crippen molar-refractivity contribution < 1.29 is 14.6 Å². The lowest BCUT2D eigenvalue weighted by Gasteiger charge is -2.36. The number of hydrogen-bond donors (Lipinski definition) is 2. The summed E-state index contributed by atoms with van der Waals surface area (Å²) in [5, 5.41) is 10.7. The zero-order chi connectivity index (χ0) is 18.6. The Balaban J connectivity index is 1.41. The van der Waals surface area contributed by atoms with Gasteiger partial charge >= 0.3 is 0 Å². The minimum absolute atomic E-state index is 0.0881. The Bertz CT molecular complexity index is 759. The van der Waals surface area contributed by atoms with Gasteiger partial charge in [-0.1, -0.05) is 19.1 Å². The van der Waals surface area contributed by atoms with Crippen molar-refractivity contribution in [2.24, 2.45) is 5.92 Å². The molecule has 4 rings (SSSR count). The summed E-state index contributed by atoms with van der Waals surface area (Å²) in [6.07, 6.45) is 3.36.